The van der Waals surface area contributed by atoms with Crippen molar-refractivity contribution in [1.82, 2.24) is 5.32 Å². The fraction of sp³-hybridized carbons (Fsp3) is 1.00. The highest BCUT2D eigenvalue weighted by atomic mass is 15.0. The van der Waals surface area contributed by atoms with Gasteiger partial charge < -0.3 is 5.32 Å². The van der Waals surface area contributed by atoms with Crippen LogP contribution in [0.1, 0.15) is 59.3 Å². The molecule has 2 atom stereocenters. The largest absolute Gasteiger partial charge is 0.311 e. The molecule has 1 unspecified atom stereocenters. The molecule has 14 heavy (non-hydrogen) atoms. The SMILES string of the molecule is C[C@H](NC1CCC1(C)C)C1CCCC1. The zero-order valence-electron chi connectivity index (χ0n) is 9.97. The number of hydrogen-bond acceptors (Lipinski definition) is 1. The minimum Gasteiger partial charge on any atom is -0.311 e. The summed E-state index contributed by atoms with van der Waals surface area (Å²) in [5.41, 5.74) is 0.562. The van der Waals surface area contributed by atoms with Crippen LogP contribution in [0.2, 0.25) is 0 Å². The predicted octanol–water partition coefficient (Wildman–Crippen LogP) is 3.34. The van der Waals surface area contributed by atoms with Crippen molar-refractivity contribution in [3.05, 3.63) is 0 Å². The van der Waals surface area contributed by atoms with Crippen LogP contribution < -0.4 is 5.32 Å². The third-order valence-corrected chi connectivity index (χ3v) is 4.59. The van der Waals surface area contributed by atoms with Gasteiger partial charge in [0.1, 0.15) is 0 Å². The lowest BCUT2D eigenvalue weighted by Gasteiger charge is -2.47. The molecule has 0 spiro atoms. The molecule has 0 aromatic heterocycles. The first-order valence-corrected chi connectivity index (χ1v) is 6.36. The Kier molecular flexibility index (Phi) is 2.88. The second-order valence-corrected chi connectivity index (χ2v) is 6.08. The van der Waals surface area contributed by atoms with Gasteiger partial charge in [-0.3, -0.25) is 0 Å². The van der Waals surface area contributed by atoms with Crippen molar-refractivity contribution in [2.24, 2.45) is 11.3 Å². The fourth-order valence-electron chi connectivity index (χ4n) is 3.09. The summed E-state index contributed by atoms with van der Waals surface area (Å²) in [5.74, 6) is 0.964. The minimum absolute atomic E-state index is 0.562. The normalized spacial score (nSPS) is 34.1. The molecule has 0 amide bonds. The van der Waals surface area contributed by atoms with E-state index in [0.29, 0.717) is 5.41 Å². The average molecular weight is 195 g/mol. The van der Waals surface area contributed by atoms with Crippen molar-refractivity contribution in [2.45, 2.75) is 71.4 Å². The summed E-state index contributed by atoms with van der Waals surface area (Å²) >= 11 is 0. The maximum absolute atomic E-state index is 3.85. The van der Waals surface area contributed by atoms with Gasteiger partial charge in [0.05, 0.1) is 0 Å². The zero-order chi connectivity index (χ0) is 10.2. The highest BCUT2D eigenvalue weighted by Gasteiger charge is 2.39. The maximum atomic E-state index is 3.85. The van der Waals surface area contributed by atoms with Crippen molar-refractivity contribution in [3.63, 3.8) is 0 Å². The highest BCUT2D eigenvalue weighted by molar-refractivity contribution is 4.96. The monoisotopic (exact) mass is 195 g/mol. The molecule has 2 aliphatic carbocycles. The summed E-state index contributed by atoms with van der Waals surface area (Å²) < 4.78 is 0. The third-order valence-electron chi connectivity index (χ3n) is 4.59. The van der Waals surface area contributed by atoms with Crippen LogP contribution in [0.5, 0.6) is 0 Å². The Labute approximate surface area is 88.7 Å². The number of nitrogens with one attached hydrogen (secondary N) is 1. The smallest absolute Gasteiger partial charge is 0.0121 e. The number of rotatable bonds is 3. The van der Waals surface area contributed by atoms with E-state index in [2.05, 4.69) is 26.1 Å². The van der Waals surface area contributed by atoms with Crippen LogP contribution in [-0.2, 0) is 0 Å². The van der Waals surface area contributed by atoms with Crippen molar-refractivity contribution >= 4 is 0 Å². The van der Waals surface area contributed by atoms with E-state index in [1.165, 1.54) is 38.5 Å². The standard InChI is InChI=1S/C13H25N/c1-10(11-6-4-5-7-11)14-12-8-9-13(12,2)3/h10-12,14H,4-9H2,1-3H3/t10-,12?/m0/s1. The molecular formula is C13H25N. The Bertz CT molecular complexity index is 191. The molecule has 0 heterocycles. The Morgan fingerprint density at radius 1 is 1.14 bits per heavy atom. The molecule has 0 bridgehead atoms. The molecule has 2 fully saturated rings. The van der Waals surface area contributed by atoms with Gasteiger partial charge in [0, 0.05) is 12.1 Å². The summed E-state index contributed by atoms with van der Waals surface area (Å²) in [7, 11) is 0. The van der Waals surface area contributed by atoms with Crippen molar-refractivity contribution in [1.29, 1.82) is 0 Å². The van der Waals surface area contributed by atoms with Crippen molar-refractivity contribution < 1.29 is 0 Å². The Balaban J connectivity index is 1.79. The Morgan fingerprint density at radius 3 is 2.21 bits per heavy atom. The molecule has 0 aromatic rings. The molecule has 0 radical (unpaired) electrons. The van der Waals surface area contributed by atoms with Crippen LogP contribution in [0.25, 0.3) is 0 Å². The van der Waals surface area contributed by atoms with Crippen LogP contribution in [0.4, 0.5) is 0 Å². The zero-order valence-corrected chi connectivity index (χ0v) is 9.97. The molecule has 1 nitrogen and oxygen atoms in total. The maximum Gasteiger partial charge on any atom is 0.0121 e. The third kappa shape index (κ3) is 1.98. The van der Waals surface area contributed by atoms with Gasteiger partial charge in [0.2, 0.25) is 0 Å². The second kappa shape index (κ2) is 3.84. The molecule has 2 aliphatic rings. The molecule has 0 saturated heterocycles. The van der Waals surface area contributed by atoms with E-state index < -0.39 is 0 Å². The van der Waals surface area contributed by atoms with Crippen LogP contribution in [0, 0.1) is 11.3 Å². The van der Waals surface area contributed by atoms with Gasteiger partial charge in [-0.15, -0.1) is 0 Å². The lowest BCUT2D eigenvalue weighted by atomic mass is 9.67. The van der Waals surface area contributed by atoms with Crippen LogP contribution in [0.3, 0.4) is 0 Å². The van der Waals surface area contributed by atoms with Gasteiger partial charge in [0.25, 0.3) is 0 Å². The fourth-order valence-corrected chi connectivity index (χ4v) is 3.09. The summed E-state index contributed by atoms with van der Waals surface area (Å²) in [4.78, 5) is 0. The molecule has 82 valence electrons. The number of hydrogen-bond donors (Lipinski definition) is 1. The molecular weight excluding hydrogens is 170 g/mol. The van der Waals surface area contributed by atoms with Gasteiger partial charge >= 0.3 is 0 Å². The van der Waals surface area contributed by atoms with Gasteiger partial charge in [-0.2, -0.15) is 0 Å². The van der Waals surface area contributed by atoms with E-state index in [9.17, 15) is 0 Å². The average Bonchev–Trinajstić information content (AvgIpc) is 2.65. The quantitative estimate of drug-likeness (QED) is 0.728. The summed E-state index contributed by atoms with van der Waals surface area (Å²) in [6.45, 7) is 7.19. The van der Waals surface area contributed by atoms with Gasteiger partial charge in [-0.1, -0.05) is 26.7 Å². The van der Waals surface area contributed by atoms with E-state index in [4.69, 9.17) is 0 Å². The van der Waals surface area contributed by atoms with E-state index >= 15 is 0 Å². The second-order valence-electron chi connectivity index (χ2n) is 6.08. The lowest BCUT2D eigenvalue weighted by molar-refractivity contribution is 0.0913. The van der Waals surface area contributed by atoms with Crippen molar-refractivity contribution in [2.75, 3.05) is 0 Å². The molecule has 0 aromatic carbocycles. The Morgan fingerprint density at radius 2 is 1.79 bits per heavy atom. The first kappa shape index (κ1) is 10.5. The van der Waals surface area contributed by atoms with Gasteiger partial charge in [-0.05, 0) is 43.9 Å². The molecule has 2 saturated carbocycles. The van der Waals surface area contributed by atoms with Crippen LogP contribution in [0.15, 0.2) is 0 Å². The minimum atomic E-state index is 0.562. The first-order valence-electron chi connectivity index (χ1n) is 6.36. The predicted molar refractivity (Wildman–Crippen MR) is 61.4 cm³/mol. The molecule has 1 N–H and O–H groups in total. The van der Waals surface area contributed by atoms with E-state index in [-0.39, 0.29) is 0 Å². The topological polar surface area (TPSA) is 12.0 Å². The molecule has 1 heteroatoms. The first-order chi connectivity index (χ1) is 6.59. The summed E-state index contributed by atoms with van der Waals surface area (Å²) in [6.07, 6.45) is 8.64. The van der Waals surface area contributed by atoms with Gasteiger partial charge in [0.15, 0.2) is 0 Å². The van der Waals surface area contributed by atoms with E-state index in [0.717, 1.165) is 18.0 Å². The molecule has 0 aliphatic heterocycles. The van der Waals surface area contributed by atoms with E-state index in [1.807, 2.05) is 0 Å². The Hall–Kier alpha value is -0.0400. The highest BCUT2D eigenvalue weighted by Crippen LogP contribution is 2.41. The van der Waals surface area contributed by atoms with E-state index in [1.54, 1.807) is 0 Å². The lowest BCUT2D eigenvalue weighted by Crippen LogP contribution is -2.54. The summed E-state index contributed by atoms with van der Waals surface area (Å²) in [5, 5.41) is 3.85. The summed E-state index contributed by atoms with van der Waals surface area (Å²) in [6, 6.07) is 1.54. The van der Waals surface area contributed by atoms with Crippen LogP contribution in [-0.4, -0.2) is 12.1 Å². The molecule has 2 rings (SSSR count). The van der Waals surface area contributed by atoms with Crippen LogP contribution >= 0.6 is 0 Å². The van der Waals surface area contributed by atoms with Crippen molar-refractivity contribution in [3.8, 4) is 0 Å². The van der Waals surface area contributed by atoms with Gasteiger partial charge in [-0.25, -0.2) is 0 Å².